The van der Waals surface area contributed by atoms with E-state index in [9.17, 15) is 9.59 Å². The summed E-state index contributed by atoms with van der Waals surface area (Å²) < 4.78 is 11.3. The van der Waals surface area contributed by atoms with Gasteiger partial charge in [0.25, 0.3) is 5.91 Å². The number of nitrogens with one attached hydrogen (secondary N) is 1. The number of hydrazone groups is 1. The third-order valence-corrected chi connectivity index (χ3v) is 3.36. The average molecular weight is 407 g/mol. The first-order valence-electron chi connectivity index (χ1n) is 7.18. The molecule has 7 nitrogen and oxygen atoms in total. The zero-order valence-electron chi connectivity index (χ0n) is 13.0. The minimum absolute atomic E-state index is 0.152. The summed E-state index contributed by atoms with van der Waals surface area (Å²) >= 11 is 3.31. The number of carbonyl (C=O) groups is 2. The van der Waals surface area contributed by atoms with Gasteiger partial charge < -0.3 is 14.6 Å². The molecule has 2 rings (SSSR count). The Labute approximate surface area is 152 Å². The van der Waals surface area contributed by atoms with Crippen LogP contribution in [0.2, 0.25) is 0 Å². The lowest BCUT2D eigenvalue weighted by atomic mass is 10.2. The molecular formula is C17H15BrN2O5. The Hall–Kier alpha value is -2.87. The average Bonchev–Trinajstić information content (AvgIpc) is 2.60. The molecule has 25 heavy (non-hydrogen) atoms. The molecule has 0 radical (unpaired) electrons. The smallest absolute Gasteiger partial charge is 0.341 e. The Morgan fingerprint density at radius 1 is 1.00 bits per heavy atom. The van der Waals surface area contributed by atoms with Gasteiger partial charge in [-0.1, -0.05) is 15.9 Å². The number of benzene rings is 2. The minimum atomic E-state index is -1.04. The van der Waals surface area contributed by atoms with Crippen molar-refractivity contribution in [2.75, 3.05) is 13.2 Å². The predicted octanol–water partition coefficient (Wildman–Crippen LogP) is 2.44. The first-order valence-corrected chi connectivity index (χ1v) is 7.97. The molecule has 0 saturated heterocycles. The summed E-state index contributed by atoms with van der Waals surface area (Å²) in [7, 11) is 0. The molecule has 0 bridgehead atoms. The maximum absolute atomic E-state index is 11.6. The molecule has 0 aromatic heterocycles. The van der Waals surface area contributed by atoms with E-state index < -0.39 is 12.6 Å². The zero-order valence-corrected chi connectivity index (χ0v) is 14.6. The maximum atomic E-state index is 11.6. The molecule has 0 spiro atoms. The van der Waals surface area contributed by atoms with Gasteiger partial charge in [0.2, 0.25) is 0 Å². The number of carboxylic acid groups (broad SMARTS) is 1. The van der Waals surface area contributed by atoms with Crippen molar-refractivity contribution in [2.45, 2.75) is 0 Å². The van der Waals surface area contributed by atoms with Gasteiger partial charge in [0.05, 0.1) is 6.21 Å². The van der Waals surface area contributed by atoms with E-state index in [2.05, 4.69) is 26.5 Å². The molecule has 8 heteroatoms. The Balaban J connectivity index is 1.74. The maximum Gasteiger partial charge on any atom is 0.341 e. The highest BCUT2D eigenvalue weighted by Crippen LogP contribution is 2.15. The standard InChI is InChI=1S/C17H15BrN2O5/c18-13-3-7-15(8-4-13)24-10-16(21)20-19-9-12-1-5-14(6-2-12)25-11-17(22)23/h1-9H,10-11H2,(H,20,21)(H,22,23)/b19-9+. The van der Waals surface area contributed by atoms with Gasteiger partial charge in [0, 0.05) is 4.47 Å². The van der Waals surface area contributed by atoms with E-state index in [4.69, 9.17) is 14.6 Å². The van der Waals surface area contributed by atoms with Crippen molar-refractivity contribution in [1.82, 2.24) is 5.43 Å². The van der Waals surface area contributed by atoms with Crippen molar-refractivity contribution in [3.63, 3.8) is 0 Å². The van der Waals surface area contributed by atoms with Crippen molar-refractivity contribution in [3.05, 3.63) is 58.6 Å². The first-order chi connectivity index (χ1) is 12.0. The van der Waals surface area contributed by atoms with Crippen LogP contribution in [-0.2, 0) is 9.59 Å². The second-order valence-corrected chi connectivity index (χ2v) is 5.70. The van der Waals surface area contributed by atoms with Crippen LogP contribution in [0.4, 0.5) is 0 Å². The van der Waals surface area contributed by atoms with Crippen LogP contribution in [0, 0.1) is 0 Å². The number of hydrogen-bond donors (Lipinski definition) is 2. The number of aliphatic carboxylic acids is 1. The largest absolute Gasteiger partial charge is 0.484 e. The summed E-state index contributed by atoms with van der Waals surface area (Å²) in [6.45, 7) is -0.553. The number of nitrogens with zero attached hydrogens (tertiary/aromatic N) is 1. The fraction of sp³-hybridized carbons (Fsp3) is 0.118. The molecule has 0 aliphatic rings. The molecule has 1 amide bonds. The van der Waals surface area contributed by atoms with E-state index in [1.807, 2.05) is 12.1 Å². The van der Waals surface area contributed by atoms with Gasteiger partial charge in [-0.3, -0.25) is 4.79 Å². The molecule has 0 unspecified atom stereocenters. The normalized spacial score (nSPS) is 10.4. The van der Waals surface area contributed by atoms with E-state index in [0.717, 1.165) is 10.0 Å². The topological polar surface area (TPSA) is 97.2 Å². The van der Waals surface area contributed by atoms with E-state index in [1.165, 1.54) is 6.21 Å². The van der Waals surface area contributed by atoms with Crippen molar-refractivity contribution >= 4 is 34.0 Å². The summed E-state index contributed by atoms with van der Waals surface area (Å²) in [5.74, 6) is -0.412. The van der Waals surface area contributed by atoms with Crippen LogP contribution in [0.5, 0.6) is 11.5 Å². The zero-order chi connectivity index (χ0) is 18.1. The van der Waals surface area contributed by atoms with Gasteiger partial charge in [-0.25, -0.2) is 10.2 Å². The molecule has 0 atom stereocenters. The molecule has 0 aliphatic carbocycles. The summed E-state index contributed by atoms with van der Waals surface area (Å²) in [6.07, 6.45) is 1.46. The number of hydrogen-bond acceptors (Lipinski definition) is 5. The minimum Gasteiger partial charge on any atom is -0.484 e. The van der Waals surface area contributed by atoms with Gasteiger partial charge in [-0.05, 0) is 54.1 Å². The second-order valence-electron chi connectivity index (χ2n) is 4.79. The first kappa shape index (κ1) is 18.5. The summed E-state index contributed by atoms with van der Waals surface area (Å²) in [4.78, 5) is 22.0. The number of rotatable bonds is 8. The van der Waals surface area contributed by atoms with E-state index in [1.54, 1.807) is 36.4 Å². The van der Waals surface area contributed by atoms with Gasteiger partial charge >= 0.3 is 5.97 Å². The van der Waals surface area contributed by atoms with Crippen molar-refractivity contribution < 1.29 is 24.2 Å². The molecule has 2 aromatic rings. The fourth-order valence-corrected chi connectivity index (χ4v) is 1.95. The fourth-order valence-electron chi connectivity index (χ4n) is 1.69. The number of carbonyl (C=O) groups excluding carboxylic acids is 1. The Bertz CT molecular complexity index is 745. The lowest BCUT2D eigenvalue weighted by Crippen LogP contribution is -2.24. The van der Waals surface area contributed by atoms with Crippen LogP contribution < -0.4 is 14.9 Å². The van der Waals surface area contributed by atoms with E-state index >= 15 is 0 Å². The lowest BCUT2D eigenvalue weighted by Gasteiger charge is -2.05. The van der Waals surface area contributed by atoms with Crippen LogP contribution in [0.3, 0.4) is 0 Å². The molecule has 130 valence electrons. The molecule has 0 saturated carbocycles. The Kier molecular flexibility index (Phi) is 6.97. The second kappa shape index (κ2) is 9.43. The number of halogens is 1. The van der Waals surface area contributed by atoms with Gasteiger partial charge in [-0.2, -0.15) is 5.10 Å². The summed E-state index contributed by atoms with van der Waals surface area (Å²) in [5.41, 5.74) is 3.07. The van der Waals surface area contributed by atoms with Crippen molar-refractivity contribution in [3.8, 4) is 11.5 Å². The van der Waals surface area contributed by atoms with Gasteiger partial charge in [0.15, 0.2) is 13.2 Å². The third kappa shape index (κ3) is 7.05. The number of carboxylic acids is 1. The molecule has 0 aliphatic heterocycles. The summed E-state index contributed by atoms with van der Waals surface area (Å²) in [6, 6.07) is 13.7. The molecular weight excluding hydrogens is 392 g/mol. The third-order valence-electron chi connectivity index (χ3n) is 2.83. The SMILES string of the molecule is O=C(O)COc1ccc(/C=N/NC(=O)COc2ccc(Br)cc2)cc1. The van der Waals surface area contributed by atoms with Gasteiger partial charge in [-0.15, -0.1) is 0 Å². The van der Waals surface area contributed by atoms with Crippen LogP contribution in [0.1, 0.15) is 5.56 Å². The van der Waals surface area contributed by atoms with Crippen LogP contribution in [-0.4, -0.2) is 36.4 Å². The highest BCUT2D eigenvalue weighted by Gasteiger charge is 2.02. The predicted molar refractivity (Wildman–Crippen MR) is 94.9 cm³/mol. The van der Waals surface area contributed by atoms with Gasteiger partial charge in [0.1, 0.15) is 11.5 Å². The van der Waals surface area contributed by atoms with Crippen molar-refractivity contribution in [2.24, 2.45) is 5.10 Å². The molecule has 0 fully saturated rings. The highest BCUT2D eigenvalue weighted by atomic mass is 79.9. The van der Waals surface area contributed by atoms with Crippen molar-refractivity contribution in [1.29, 1.82) is 0 Å². The van der Waals surface area contributed by atoms with Crippen LogP contribution in [0.25, 0.3) is 0 Å². The highest BCUT2D eigenvalue weighted by molar-refractivity contribution is 9.10. The molecule has 0 heterocycles. The quantitative estimate of drug-likeness (QED) is 0.518. The van der Waals surface area contributed by atoms with E-state index in [-0.39, 0.29) is 12.5 Å². The summed E-state index contributed by atoms with van der Waals surface area (Å²) in [5, 5.41) is 12.4. The molecule has 2 aromatic carbocycles. The van der Waals surface area contributed by atoms with Crippen LogP contribution >= 0.6 is 15.9 Å². The van der Waals surface area contributed by atoms with Crippen LogP contribution in [0.15, 0.2) is 58.1 Å². The van der Waals surface area contributed by atoms with E-state index in [0.29, 0.717) is 11.5 Å². The Morgan fingerprint density at radius 3 is 2.16 bits per heavy atom. The lowest BCUT2D eigenvalue weighted by molar-refractivity contribution is -0.139. The monoisotopic (exact) mass is 406 g/mol. The number of amides is 1. The molecule has 2 N–H and O–H groups in total. The number of ether oxygens (including phenoxy) is 2. The Morgan fingerprint density at radius 2 is 1.56 bits per heavy atom.